The predicted octanol–water partition coefficient (Wildman–Crippen LogP) is 4.65. The summed E-state index contributed by atoms with van der Waals surface area (Å²) in [5, 5.41) is 0. The summed E-state index contributed by atoms with van der Waals surface area (Å²) in [5.41, 5.74) is 0.477. The maximum atomic E-state index is 12.7. The molecule has 0 amide bonds. The van der Waals surface area contributed by atoms with Gasteiger partial charge in [0.2, 0.25) is 0 Å². The molecule has 0 aromatic heterocycles. The standard InChI is InChI=1S/C19H31NO/c1-6-16(7-2)14-20(8-3)15-19(4,5)18(21)17-12-10-9-11-13-17/h9-13,16H,6-8,14-15H2,1-5H3. The average molecular weight is 289 g/mol. The van der Waals surface area contributed by atoms with E-state index in [0.717, 1.165) is 31.1 Å². The first-order valence-corrected chi connectivity index (χ1v) is 8.26. The lowest BCUT2D eigenvalue weighted by molar-refractivity contribution is 0.0751. The van der Waals surface area contributed by atoms with E-state index in [4.69, 9.17) is 0 Å². The number of rotatable bonds is 9. The Morgan fingerprint density at radius 1 is 1.10 bits per heavy atom. The van der Waals surface area contributed by atoms with Crippen molar-refractivity contribution in [3.8, 4) is 0 Å². The molecule has 0 saturated carbocycles. The van der Waals surface area contributed by atoms with Gasteiger partial charge < -0.3 is 4.90 Å². The van der Waals surface area contributed by atoms with Crippen LogP contribution in [0.2, 0.25) is 0 Å². The zero-order chi connectivity index (χ0) is 15.9. The molecule has 0 fully saturated rings. The van der Waals surface area contributed by atoms with E-state index in [1.807, 2.05) is 30.3 Å². The van der Waals surface area contributed by atoms with Gasteiger partial charge in [-0.05, 0) is 12.5 Å². The highest BCUT2D eigenvalue weighted by Crippen LogP contribution is 2.24. The lowest BCUT2D eigenvalue weighted by Crippen LogP contribution is -2.41. The summed E-state index contributed by atoms with van der Waals surface area (Å²) in [5.74, 6) is 0.971. The molecular formula is C19H31NO. The molecule has 0 atom stereocenters. The lowest BCUT2D eigenvalue weighted by Gasteiger charge is -2.33. The predicted molar refractivity (Wildman–Crippen MR) is 90.7 cm³/mol. The number of nitrogens with zero attached hydrogens (tertiary/aromatic N) is 1. The molecule has 1 aromatic carbocycles. The summed E-state index contributed by atoms with van der Waals surface area (Å²) >= 11 is 0. The number of ketones is 1. The second kappa shape index (κ2) is 8.33. The average Bonchev–Trinajstić information content (AvgIpc) is 2.51. The molecule has 21 heavy (non-hydrogen) atoms. The maximum Gasteiger partial charge on any atom is 0.169 e. The molecule has 0 saturated heterocycles. The highest BCUT2D eigenvalue weighted by Gasteiger charge is 2.30. The summed E-state index contributed by atoms with van der Waals surface area (Å²) in [6, 6.07) is 9.66. The minimum atomic E-state index is -0.344. The highest BCUT2D eigenvalue weighted by atomic mass is 16.1. The van der Waals surface area contributed by atoms with Crippen LogP contribution in [0, 0.1) is 11.3 Å². The van der Waals surface area contributed by atoms with E-state index in [9.17, 15) is 4.79 Å². The van der Waals surface area contributed by atoms with Crippen molar-refractivity contribution in [2.24, 2.45) is 11.3 Å². The fourth-order valence-corrected chi connectivity index (χ4v) is 2.83. The third-order valence-corrected chi connectivity index (χ3v) is 4.39. The first-order chi connectivity index (χ1) is 9.94. The largest absolute Gasteiger partial charge is 0.302 e. The first kappa shape index (κ1) is 17.9. The smallest absolute Gasteiger partial charge is 0.169 e. The van der Waals surface area contributed by atoms with Gasteiger partial charge in [0.15, 0.2) is 5.78 Å². The van der Waals surface area contributed by atoms with E-state index in [1.165, 1.54) is 12.8 Å². The molecule has 2 nitrogen and oxygen atoms in total. The second-order valence-corrected chi connectivity index (χ2v) is 6.59. The van der Waals surface area contributed by atoms with Crippen molar-refractivity contribution in [3.05, 3.63) is 35.9 Å². The van der Waals surface area contributed by atoms with E-state index in [2.05, 4.69) is 39.5 Å². The second-order valence-electron chi connectivity index (χ2n) is 6.59. The number of carbonyl (C=O) groups is 1. The summed E-state index contributed by atoms with van der Waals surface area (Å²) in [4.78, 5) is 15.1. The Morgan fingerprint density at radius 2 is 1.67 bits per heavy atom. The Balaban J connectivity index is 2.75. The summed E-state index contributed by atoms with van der Waals surface area (Å²) in [6.45, 7) is 13.7. The van der Waals surface area contributed by atoms with Crippen LogP contribution in [0.4, 0.5) is 0 Å². The molecule has 0 spiro atoms. The molecule has 0 aliphatic heterocycles. The van der Waals surface area contributed by atoms with Crippen molar-refractivity contribution >= 4 is 5.78 Å². The zero-order valence-electron chi connectivity index (χ0n) is 14.4. The van der Waals surface area contributed by atoms with Crippen LogP contribution in [0.25, 0.3) is 0 Å². The third kappa shape index (κ3) is 5.28. The molecule has 0 heterocycles. The molecule has 118 valence electrons. The van der Waals surface area contributed by atoms with Crippen molar-refractivity contribution in [2.75, 3.05) is 19.6 Å². The van der Waals surface area contributed by atoms with Gasteiger partial charge in [-0.2, -0.15) is 0 Å². The lowest BCUT2D eigenvalue weighted by atomic mass is 9.83. The normalized spacial score (nSPS) is 12.1. The van der Waals surface area contributed by atoms with Gasteiger partial charge >= 0.3 is 0 Å². The van der Waals surface area contributed by atoms with Crippen LogP contribution in [0.5, 0.6) is 0 Å². The van der Waals surface area contributed by atoms with Crippen molar-refractivity contribution in [1.82, 2.24) is 4.90 Å². The van der Waals surface area contributed by atoms with Gasteiger partial charge in [0.25, 0.3) is 0 Å². The summed E-state index contributed by atoms with van der Waals surface area (Å²) < 4.78 is 0. The quantitative estimate of drug-likeness (QED) is 0.617. The van der Waals surface area contributed by atoms with Gasteiger partial charge in [0.05, 0.1) is 0 Å². The minimum Gasteiger partial charge on any atom is -0.302 e. The van der Waals surface area contributed by atoms with Crippen LogP contribution in [0.3, 0.4) is 0 Å². The molecule has 0 unspecified atom stereocenters. The van der Waals surface area contributed by atoms with Gasteiger partial charge in [-0.25, -0.2) is 0 Å². The Bertz CT molecular complexity index is 420. The van der Waals surface area contributed by atoms with Crippen molar-refractivity contribution in [1.29, 1.82) is 0 Å². The Labute approximate surface area is 130 Å². The van der Waals surface area contributed by atoms with Crippen molar-refractivity contribution in [3.63, 3.8) is 0 Å². The summed E-state index contributed by atoms with van der Waals surface area (Å²) in [7, 11) is 0. The highest BCUT2D eigenvalue weighted by molar-refractivity contribution is 6.00. The molecular weight excluding hydrogens is 258 g/mol. The molecule has 0 aliphatic rings. The molecule has 0 radical (unpaired) electrons. The van der Waals surface area contributed by atoms with Crippen LogP contribution >= 0.6 is 0 Å². The van der Waals surface area contributed by atoms with Gasteiger partial charge in [-0.3, -0.25) is 4.79 Å². The topological polar surface area (TPSA) is 20.3 Å². The van der Waals surface area contributed by atoms with Crippen LogP contribution < -0.4 is 0 Å². The third-order valence-electron chi connectivity index (χ3n) is 4.39. The molecule has 0 aliphatic carbocycles. The van der Waals surface area contributed by atoms with E-state index in [1.54, 1.807) is 0 Å². The van der Waals surface area contributed by atoms with E-state index in [-0.39, 0.29) is 11.2 Å². The van der Waals surface area contributed by atoms with Crippen LogP contribution in [0.1, 0.15) is 57.8 Å². The fourth-order valence-electron chi connectivity index (χ4n) is 2.83. The van der Waals surface area contributed by atoms with Crippen molar-refractivity contribution in [2.45, 2.75) is 47.5 Å². The van der Waals surface area contributed by atoms with E-state index >= 15 is 0 Å². The molecule has 0 bridgehead atoms. The number of hydrogen-bond donors (Lipinski definition) is 0. The first-order valence-electron chi connectivity index (χ1n) is 8.26. The number of benzene rings is 1. The number of carbonyl (C=O) groups excluding carboxylic acids is 1. The molecule has 1 aromatic rings. The Hall–Kier alpha value is -1.15. The van der Waals surface area contributed by atoms with Gasteiger partial charge in [-0.1, -0.05) is 77.8 Å². The molecule has 2 heteroatoms. The van der Waals surface area contributed by atoms with Crippen LogP contribution in [0.15, 0.2) is 30.3 Å². The Kier molecular flexibility index (Phi) is 7.10. The van der Waals surface area contributed by atoms with Crippen LogP contribution in [-0.4, -0.2) is 30.3 Å². The SMILES string of the molecule is CCC(CC)CN(CC)CC(C)(C)C(=O)c1ccccc1. The monoisotopic (exact) mass is 289 g/mol. The molecule has 1 rings (SSSR count). The van der Waals surface area contributed by atoms with Crippen LogP contribution in [-0.2, 0) is 0 Å². The van der Waals surface area contributed by atoms with E-state index < -0.39 is 0 Å². The van der Waals surface area contributed by atoms with Gasteiger partial charge in [0, 0.05) is 24.1 Å². The van der Waals surface area contributed by atoms with Crippen molar-refractivity contribution < 1.29 is 4.79 Å². The van der Waals surface area contributed by atoms with E-state index in [0.29, 0.717) is 0 Å². The van der Waals surface area contributed by atoms with Gasteiger partial charge in [-0.15, -0.1) is 0 Å². The summed E-state index contributed by atoms with van der Waals surface area (Å²) in [6.07, 6.45) is 2.42. The maximum absolute atomic E-state index is 12.7. The fraction of sp³-hybridized carbons (Fsp3) is 0.632. The zero-order valence-corrected chi connectivity index (χ0v) is 14.4. The van der Waals surface area contributed by atoms with Gasteiger partial charge in [0.1, 0.15) is 0 Å². The molecule has 0 N–H and O–H groups in total. The number of hydrogen-bond acceptors (Lipinski definition) is 2. The Morgan fingerprint density at radius 3 is 2.14 bits per heavy atom. The minimum absolute atomic E-state index is 0.242. The number of Topliss-reactive ketones (excluding diaryl/α,β-unsaturated/α-hetero) is 1.